The van der Waals surface area contributed by atoms with Crippen LogP contribution >= 0.6 is 0 Å². The molecule has 0 bridgehead atoms. The van der Waals surface area contributed by atoms with Crippen molar-refractivity contribution in [3.63, 3.8) is 0 Å². The van der Waals surface area contributed by atoms with Gasteiger partial charge in [-0.15, -0.1) is 4.90 Å². The molecular weight excluding hydrogens is 921 g/mol. The first-order chi connectivity index (χ1) is 31.2. The summed E-state index contributed by atoms with van der Waals surface area (Å²) >= 11 is 0. The lowest BCUT2D eigenvalue weighted by atomic mass is 10.1. The Morgan fingerprint density at radius 2 is 1.20 bits per heavy atom. The van der Waals surface area contributed by atoms with E-state index in [-0.39, 0.29) is 58.5 Å². The number of imide groups is 1. The number of aliphatic hydroxyl groups is 1. The molecule has 69 heavy (non-hydrogen) atoms. The van der Waals surface area contributed by atoms with Crippen molar-refractivity contribution >= 4 is 79.2 Å². The highest BCUT2D eigenvalue weighted by Gasteiger charge is 2.42. The molecule has 1 aromatic rings. The van der Waals surface area contributed by atoms with Crippen molar-refractivity contribution < 1.29 is 66.7 Å². The molecule has 24 nitrogen and oxygen atoms in total. The molecule has 2 amide bonds. The maximum absolute atomic E-state index is 13.5. The second-order valence-corrected chi connectivity index (χ2v) is 26.2. The lowest BCUT2D eigenvalue weighted by Crippen LogP contribution is -2.48. The minimum atomic E-state index is -2.30. The summed E-state index contributed by atoms with van der Waals surface area (Å²) in [5.41, 5.74) is 2.22. The number of anilines is 2. The predicted octanol–water partition coefficient (Wildman–Crippen LogP) is 6.29. The number of carbonyl (C=O) groups excluding carboxylic acids is 6. The number of guanidine groups is 1. The van der Waals surface area contributed by atoms with Crippen LogP contribution in [0.15, 0.2) is 26.5 Å². The van der Waals surface area contributed by atoms with Gasteiger partial charge >= 0.3 is 24.5 Å². The summed E-state index contributed by atoms with van der Waals surface area (Å²) in [5, 5.41) is 17.9. The van der Waals surface area contributed by atoms with Crippen molar-refractivity contribution in [2.24, 2.45) is 20.7 Å². The highest BCUT2D eigenvalue weighted by atomic mass is 28.4. The molecule has 3 atom stereocenters. The van der Waals surface area contributed by atoms with Crippen LogP contribution in [0.5, 0.6) is 5.88 Å². The average Bonchev–Trinajstić information content (AvgIpc) is 3.13. The zero-order chi connectivity index (χ0) is 53.0. The molecule has 3 aliphatic rings. The van der Waals surface area contributed by atoms with Gasteiger partial charge in [-0.1, -0.05) is 20.8 Å². The van der Waals surface area contributed by atoms with Crippen molar-refractivity contribution in [2.75, 3.05) is 23.3 Å². The number of aliphatic hydroxyl groups excluding tert-OH is 1. The van der Waals surface area contributed by atoms with Gasteiger partial charge < -0.3 is 59.6 Å². The zero-order valence-electron chi connectivity index (χ0n) is 43.2. The van der Waals surface area contributed by atoms with E-state index in [1.165, 1.54) is 6.92 Å². The molecule has 25 heteroatoms. The fourth-order valence-electron chi connectivity index (χ4n) is 5.38. The van der Waals surface area contributed by atoms with Crippen molar-refractivity contribution in [1.82, 2.24) is 20.6 Å². The predicted molar refractivity (Wildman–Crippen MR) is 257 cm³/mol. The van der Waals surface area contributed by atoms with Crippen molar-refractivity contribution in [3.8, 4) is 5.88 Å². The number of hydrogen-bond acceptors (Lipinski definition) is 23. The molecule has 0 aliphatic carbocycles. The summed E-state index contributed by atoms with van der Waals surface area (Å²) in [6.07, 6.45) is -7.51. The smallest absolute Gasteiger partial charge is 0.443 e. The SMILES string of the molecule is C[C@H](O)C(=O)C1=NC2=C(NC1)NC(N)=NC2OC(=O)OC(C)(C)C.C[C@H](O[Si](C)(C)C(C)(C)C)C(=O)C1=Nc2c(nc(N(C(=O)OC(C)(C)C)C(=O)OC(C)(C)C)nc2OC(=O)OC(C)(C)C)NC1. The fraction of sp³-hybridized carbons (Fsp3) is 0.659. The average molecular weight is 991 g/mol. The van der Waals surface area contributed by atoms with Gasteiger partial charge in [-0.25, -0.2) is 34.2 Å². The van der Waals surface area contributed by atoms with Crippen LogP contribution in [0, 0.1) is 0 Å². The lowest BCUT2D eigenvalue weighted by Gasteiger charge is -2.38. The number of nitrogens with two attached hydrogens (primary N) is 1. The summed E-state index contributed by atoms with van der Waals surface area (Å²) in [7, 11) is -2.30. The van der Waals surface area contributed by atoms with Gasteiger partial charge in [-0.2, -0.15) is 9.97 Å². The molecule has 6 N–H and O–H groups in total. The minimum absolute atomic E-state index is 0.0230. The van der Waals surface area contributed by atoms with Crippen LogP contribution < -0.4 is 31.3 Å². The van der Waals surface area contributed by atoms with E-state index in [2.05, 4.69) is 61.7 Å². The van der Waals surface area contributed by atoms with Gasteiger partial charge in [0.15, 0.2) is 25.8 Å². The Morgan fingerprint density at radius 1 is 0.710 bits per heavy atom. The molecule has 0 saturated heterocycles. The molecule has 0 aromatic carbocycles. The number of carbonyl (C=O) groups is 6. The van der Waals surface area contributed by atoms with E-state index in [4.69, 9.17) is 38.6 Å². The van der Waals surface area contributed by atoms with Crippen LogP contribution in [0.1, 0.15) is 118 Å². The van der Waals surface area contributed by atoms with Gasteiger partial charge in [0.2, 0.25) is 23.7 Å². The number of ketones is 2. The molecule has 4 heterocycles. The van der Waals surface area contributed by atoms with Gasteiger partial charge in [0.05, 0.1) is 13.1 Å². The third-order valence-corrected chi connectivity index (χ3v) is 13.9. The van der Waals surface area contributed by atoms with Crippen LogP contribution in [0.2, 0.25) is 18.1 Å². The molecule has 0 fully saturated rings. The van der Waals surface area contributed by atoms with Gasteiger partial charge in [-0.05, 0) is 115 Å². The highest BCUT2D eigenvalue weighted by Crippen LogP contribution is 2.40. The Hall–Kier alpha value is -6.21. The summed E-state index contributed by atoms with van der Waals surface area (Å²) in [4.78, 5) is 98.1. The molecule has 4 rings (SSSR count). The molecule has 0 radical (unpaired) electrons. The topological polar surface area (TPSA) is 315 Å². The largest absolute Gasteiger partial charge is 0.515 e. The first-order valence-electron chi connectivity index (χ1n) is 22.1. The normalized spacial score (nSPS) is 17.0. The summed E-state index contributed by atoms with van der Waals surface area (Å²) in [5.74, 6) is -1.54. The maximum Gasteiger partial charge on any atom is 0.515 e. The number of nitrogens with one attached hydrogen (secondary N) is 3. The Morgan fingerprint density at radius 3 is 1.70 bits per heavy atom. The van der Waals surface area contributed by atoms with Crippen LogP contribution in [0.25, 0.3) is 0 Å². The molecule has 1 unspecified atom stereocenters. The molecule has 0 spiro atoms. The second-order valence-electron chi connectivity index (χ2n) is 21.5. The van der Waals surface area contributed by atoms with E-state index >= 15 is 0 Å². The van der Waals surface area contributed by atoms with Gasteiger partial charge in [0, 0.05) is 0 Å². The number of ether oxygens (including phenoxy) is 6. The molecular formula is C44H70N10O14Si. The monoisotopic (exact) mass is 990 g/mol. The molecule has 3 aliphatic heterocycles. The summed E-state index contributed by atoms with van der Waals surface area (Å²) < 4.78 is 38.1. The molecule has 384 valence electrons. The number of aromatic nitrogens is 2. The van der Waals surface area contributed by atoms with E-state index in [9.17, 15) is 33.9 Å². The highest BCUT2D eigenvalue weighted by molar-refractivity contribution is 6.74. The maximum atomic E-state index is 13.5. The summed E-state index contributed by atoms with van der Waals surface area (Å²) in [6.45, 7) is 33.0. The standard InChI is InChI=1S/C30H49N5O9Si.C14H21N5O5/c1-17(44-45(14,15)30(11,12)13)20(36)18-16-31-21-19(32-18)22(40-26(39)43-29(8,9)10)34-23(33-21)35(24(37)41-27(2,3)4)25(38)42-28(5,6)7;1-6(20)9(21)7-5-16-10-8(17-7)11(19-12(15)18-10)23-13(22)24-14(2,3)4/h17H,16H2,1-15H3,(H,31,33,34);6,11,16,20H,5H2,1-4H3,(H3,15,18,19)/t17-;6-,11?/m00/s1. The fourth-order valence-corrected chi connectivity index (χ4v) is 6.73. The van der Waals surface area contributed by atoms with Crippen LogP contribution in [-0.2, 0) is 37.7 Å². The third-order valence-electron chi connectivity index (χ3n) is 9.31. The number of nitrogens with zero attached hydrogens (tertiary/aromatic N) is 6. The number of aliphatic imine (C=N–C) groups is 3. The quantitative estimate of drug-likeness (QED) is 0.103. The van der Waals surface area contributed by atoms with E-state index in [0.717, 1.165) is 0 Å². The van der Waals surface area contributed by atoms with Gasteiger partial charge in [0.25, 0.3) is 5.88 Å². The van der Waals surface area contributed by atoms with Gasteiger partial charge in [0.1, 0.15) is 57.6 Å². The van der Waals surface area contributed by atoms with E-state index in [0.29, 0.717) is 10.7 Å². The molecule has 1 aromatic heterocycles. The number of hydrogen-bond donors (Lipinski definition) is 5. The Kier molecular flexibility index (Phi) is 17.5. The minimum Gasteiger partial charge on any atom is -0.443 e. The lowest BCUT2D eigenvalue weighted by molar-refractivity contribution is -0.120. The Balaban J connectivity index is 0.000000439. The van der Waals surface area contributed by atoms with E-state index in [1.807, 2.05) is 13.1 Å². The van der Waals surface area contributed by atoms with Crippen molar-refractivity contribution in [3.05, 3.63) is 11.5 Å². The second kappa shape index (κ2) is 21.2. The molecule has 0 saturated carbocycles. The van der Waals surface area contributed by atoms with Crippen LogP contribution in [-0.4, -0.2) is 131 Å². The van der Waals surface area contributed by atoms with Crippen molar-refractivity contribution in [2.45, 2.75) is 177 Å². The van der Waals surface area contributed by atoms with E-state index in [1.54, 1.807) is 90.0 Å². The van der Waals surface area contributed by atoms with Crippen LogP contribution in [0.3, 0.4) is 0 Å². The Labute approximate surface area is 403 Å². The Bertz CT molecular complexity index is 2260. The number of amides is 2. The summed E-state index contributed by atoms with van der Waals surface area (Å²) in [6, 6.07) is 0. The van der Waals surface area contributed by atoms with Crippen LogP contribution in [0.4, 0.5) is 36.6 Å². The number of rotatable bonds is 9. The van der Waals surface area contributed by atoms with E-state index < -0.39 is 91.3 Å². The first kappa shape index (κ1) is 57.1. The zero-order valence-corrected chi connectivity index (χ0v) is 44.2. The van der Waals surface area contributed by atoms with Gasteiger partial charge in [-0.3, -0.25) is 9.59 Å². The van der Waals surface area contributed by atoms with Crippen molar-refractivity contribution in [1.29, 1.82) is 0 Å². The third kappa shape index (κ3) is 17.1. The number of fused-ring (bicyclic) bond motifs is 1. The number of Topliss-reactive ketones (excluding diaryl/α,β-unsaturated/α-hetero) is 2. The first-order valence-corrected chi connectivity index (χ1v) is 25.0.